The van der Waals surface area contributed by atoms with Gasteiger partial charge in [-0.25, -0.2) is 15.0 Å². The van der Waals surface area contributed by atoms with Crippen molar-refractivity contribution in [3.8, 4) is 6.07 Å². The first-order valence-electron chi connectivity index (χ1n) is 10.1. The lowest BCUT2D eigenvalue weighted by molar-refractivity contribution is 0.190. The van der Waals surface area contributed by atoms with Crippen LogP contribution in [-0.4, -0.2) is 53.6 Å². The fourth-order valence-corrected chi connectivity index (χ4v) is 4.48. The summed E-state index contributed by atoms with van der Waals surface area (Å²) >= 11 is 0. The summed E-state index contributed by atoms with van der Waals surface area (Å²) in [5.41, 5.74) is 3.01. The molecular weight excluding hydrogens is 364 g/mol. The number of hydrogen-bond donors (Lipinski definition) is 1. The van der Waals surface area contributed by atoms with Gasteiger partial charge in [0.25, 0.3) is 0 Å². The molecule has 0 aromatic carbocycles. The number of fused-ring (bicyclic) bond motifs is 3. The summed E-state index contributed by atoms with van der Waals surface area (Å²) in [6.07, 6.45) is 10.4. The highest BCUT2D eigenvalue weighted by Crippen LogP contribution is 2.32. The van der Waals surface area contributed by atoms with Gasteiger partial charge in [0.1, 0.15) is 22.8 Å². The molecule has 29 heavy (non-hydrogen) atoms. The highest BCUT2D eigenvalue weighted by molar-refractivity contribution is 6.01. The summed E-state index contributed by atoms with van der Waals surface area (Å²) < 4.78 is 4.58. The van der Waals surface area contributed by atoms with Gasteiger partial charge < -0.3 is 19.0 Å². The Labute approximate surface area is 168 Å². The molecule has 0 radical (unpaired) electrons. The van der Waals surface area contributed by atoms with Crippen molar-refractivity contribution in [3.63, 3.8) is 0 Å². The van der Waals surface area contributed by atoms with Gasteiger partial charge >= 0.3 is 0 Å². The van der Waals surface area contributed by atoms with Gasteiger partial charge in [-0.2, -0.15) is 5.26 Å². The molecular formula is C21H24N8. The molecule has 0 atom stereocenters. The minimum atomic E-state index is 0.387. The largest absolute Gasteiger partial charge is 0.346 e. The second-order valence-corrected chi connectivity index (χ2v) is 7.71. The molecule has 5 rings (SSSR count). The van der Waals surface area contributed by atoms with Crippen molar-refractivity contribution in [3.05, 3.63) is 42.5 Å². The zero-order valence-corrected chi connectivity index (χ0v) is 16.5. The van der Waals surface area contributed by atoms with Crippen LogP contribution in [0.3, 0.4) is 0 Å². The zero-order valence-electron chi connectivity index (χ0n) is 16.5. The molecule has 0 spiro atoms. The molecule has 4 aromatic rings. The van der Waals surface area contributed by atoms with E-state index in [0.29, 0.717) is 19.0 Å². The average molecular weight is 388 g/mol. The van der Waals surface area contributed by atoms with Crippen molar-refractivity contribution in [2.75, 3.05) is 19.6 Å². The molecule has 1 aliphatic rings. The second kappa shape index (κ2) is 7.33. The summed E-state index contributed by atoms with van der Waals surface area (Å²) in [5, 5.41) is 9.99. The molecule has 1 N–H and O–H groups in total. The minimum Gasteiger partial charge on any atom is -0.346 e. The van der Waals surface area contributed by atoms with Crippen molar-refractivity contribution in [2.45, 2.75) is 38.8 Å². The summed E-state index contributed by atoms with van der Waals surface area (Å²) in [6.45, 7) is 5.60. The van der Waals surface area contributed by atoms with E-state index in [-0.39, 0.29) is 0 Å². The molecule has 5 heterocycles. The molecule has 0 amide bonds. The summed E-state index contributed by atoms with van der Waals surface area (Å²) in [7, 11) is 0. The van der Waals surface area contributed by atoms with Crippen LogP contribution in [0.5, 0.6) is 0 Å². The Hall–Kier alpha value is -3.18. The van der Waals surface area contributed by atoms with E-state index in [0.717, 1.165) is 60.7 Å². The van der Waals surface area contributed by atoms with Gasteiger partial charge in [0.15, 0.2) is 0 Å². The lowest BCUT2D eigenvalue weighted by Crippen LogP contribution is -2.35. The minimum absolute atomic E-state index is 0.387. The van der Waals surface area contributed by atoms with E-state index in [1.54, 1.807) is 0 Å². The third-order valence-electron chi connectivity index (χ3n) is 6.00. The van der Waals surface area contributed by atoms with Crippen LogP contribution in [0.25, 0.3) is 22.1 Å². The molecule has 1 aliphatic heterocycles. The number of pyridine rings is 1. The standard InChI is InChI=1S/C21H24N8/c1-15-23-8-12-28(15)14-19-26-18-13-25-21-17(3-7-24-21)20(18)29(19)16-4-10-27(11-5-16)9-2-6-22/h3,7-8,12-13,16H,2,4-5,9-11,14H2,1H3,(H,24,25). The lowest BCUT2D eigenvalue weighted by atomic mass is 10.0. The summed E-state index contributed by atoms with van der Waals surface area (Å²) in [6, 6.07) is 4.74. The van der Waals surface area contributed by atoms with E-state index >= 15 is 0 Å². The van der Waals surface area contributed by atoms with Crippen LogP contribution < -0.4 is 0 Å². The lowest BCUT2D eigenvalue weighted by Gasteiger charge is -2.33. The molecule has 0 unspecified atom stereocenters. The first-order valence-corrected chi connectivity index (χ1v) is 10.1. The second-order valence-electron chi connectivity index (χ2n) is 7.71. The maximum absolute atomic E-state index is 8.87. The Morgan fingerprint density at radius 2 is 2.14 bits per heavy atom. The van der Waals surface area contributed by atoms with Crippen molar-refractivity contribution < 1.29 is 0 Å². The van der Waals surface area contributed by atoms with Gasteiger partial charge in [-0.05, 0) is 25.8 Å². The monoisotopic (exact) mass is 388 g/mol. The van der Waals surface area contributed by atoms with Gasteiger partial charge in [-0.1, -0.05) is 0 Å². The molecule has 4 aromatic heterocycles. The first kappa shape index (κ1) is 17.9. The smallest absolute Gasteiger partial charge is 0.139 e. The number of nitriles is 1. The number of nitrogens with zero attached hydrogens (tertiary/aromatic N) is 7. The SMILES string of the molecule is Cc1nccn1Cc1nc2cnc3[nH]ccc3c2n1C1CCN(CCC#N)CC1. The number of aromatic nitrogens is 6. The molecule has 148 valence electrons. The third kappa shape index (κ3) is 3.17. The summed E-state index contributed by atoms with van der Waals surface area (Å²) in [5.74, 6) is 2.03. The third-order valence-corrected chi connectivity index (χ3v) is 6.00. The van der Waals surface area contributed by atoms with Crippen molar-refractivity contribution in [1.29, 1.82) is 5.26 Å². The van der Waals surface area contributed by atoms with Crippen molar-refractivity contribution in [1.82, 2.24) is 34.0 Å². The topological polar surface area (TPSA) is 91.3 Å². The number of piperidine rings is 1. The van der Waals surface area contributed by atoms with Crippen LogP contribution >= 0.6 is 0 Å². The molecule has 8 heteroatoms. The van der Waals surface area contributed by atoms with E-state index in [4.69, 9.17) is 10.2 Å². The molecule has 0 aliphatic carbocycles. The van der Waals surface area contributed by atoms with E-state index in [9.17, 15) is 0 Å². The average Bonchev–Trinajstić information content (AvgIpc) is 3.45. The van der Waals surface area contributed by atoms with Crippen LogP contribution in [0.15, 0.2) is 30.9 Å². The van der Waals surface area contributed by atoms with Crippen LogP contribution in [0.2, 0.25) is 0 Å². The van der Waals surface area contributed by atoms with E-state index in [1.165, 1.54) is 5.52 Å². The number of imidazole rings is 2. The number of nitrogens with one attached hydrogen (secondary N) is 1. The predicted molar refractivity (Wildman–Crippen MR) is 110 cm³/mol. The van der Waals surface area contributed by atoms with Gasteiger partial charge in [-0.3, -0.25) is 0 Å². The fourth-order valence-electron chi connectivity index (χ4n) is 4.48. The Balaban J connectivity index is 1.56. The molecule has 0 bridgehead atoms. The maximum Gasteiger partial charge on any atom is 0.139 e. The Morgan fingerprint density at radius 3 is 2.90 bits per heavy atom. The number of hydrogen-bond acceptors (Lipinski definition) is 5. The van der Waals surface area contributed by atoms with Crippen LogP contribution in [-0.2, 0) is 6.54 Å². The molecule has 8 nitrogen and oxygen atoms in total. The number of rotatable bonds is 5. The number of likely N-dealkylation sites (tertiary alicyclic amines) is 1. The first-order chi connectivity index (χ1) is 14.2. The van der Waals surface area contributed by atoms with Crippen molar-refractivity contribution >= 4 is 22.1 Å². The van der Waals surface area contributed by atoms with Crippen LogP contribution in [0, 0.1) is 18.3 Å². The Kier molecular flexibility index (Phi) is 4.52. The predicted octanol–water partition coefficient (Wildman–Crippen LogP) is 3.02. The van der Waals surface area contributed by atoms with Gasteiger partial charge in [-0.15, -0.1) is 0 Å². The van der Waals surface area contributed by atoms with E-state index in [2.05, 4.69) is 41.1 Å². The Bertz CT molecular complexity index is 1180. The fraction of sp³-hybridized carbons (Fsp3) is 0.429. The normalized spacial score (nSPS) is 16.0. The van der Waals surface area contributed by atoms with Gasteiger partial charge in [0.05, 0.1) is 24.3 Å². The Morgan fingerprint density at radius 1 is 1.28 bits per heavy atom. The molecule has 1 saturated heterocycles. The zero-order chi connectivity index (χ0) is 19.8. The number of aromatic amines is 1. The molecule has 1 fully saturated rings. The van der Waals surface area contributed by atoms with E-state index < -0.39 is 0 Å². The van der Waals surface area contributed by atoms with Gasteiger partial charge in [0.2, 0.25) is 0 Å². The number of H-pyrrole nitrogens is 1. The number of aryl methyl sites for hydroxylation is 1. The quantitative estimate of drug-likeness (QED) is 0.567. The highest BCUT2D eigenvalue weighted by atomic mass is 15.2. The van der Waals surface area contributed by atoms with Crippen molar-refractivity contribution in [2.24, 2.45) is 0 Å². The van der Waals surface area contributed by atoms with Crippen LogP contribution in [0.4, 0.5) is 0 Å². The van der Waals surface area contributed by atoms with Gasteiger partial charge in [0, 0.05) is 56.1 Å². The van der Waals surface area contributed by atoms with Crippen LogP contribution in [0.1, 0.15) is 37.0 Å². The molecule has 0 saturated carbocycles. The maximum atomic E-state index is 8.87. The van der Waals surface area contributed by atoms with E-state index in [1.807, 2.05) is 31.7 Å². The highest BCUT2D eigenvalue weighted by Gasteiger charge is 2.26. The summed E-state index contributed by atoms with van der Waals surface area (Å²) in [4.78, 5) is 19.5.